The number of nitrogens with zero attached hydrogens (tertiary/aromatic N) is 2. The Kier molecular flexibility index (Phi) is 3.58. The lowest BCUT2D eigenvalue weighted by Crippen LogP contribution is -2.42. The van der Waals surface area contributed by atoms with Crippen LogP contribution in [0.3, 0.4) is 0 Å². The van der Waals surface area contributed by atoms with Gasteiger partial charge in [0.15, 0.2) is 0 Å². The average Bonchev–Trinajstić information content (AvgIpc) is 3.13. The number of anilines is 1. The van der Waals surface area contributed by atoms with E-state index >= 15 is 0 Å². The van der Waals surface area contributed by atoms with E-state index < -0.39 is 10.8 Å². The number of amides is 1. The van der Waals surface area contributed by atoms with Gasteiger partial charge in [0.05, 0.1) is 11.3 Å². The third-order valence-corrected chi connectivity index (χ3v) is 5.60. The molecule has 2 heterocycles. The summed E-state index contributed by atoms with van der Waals surface area (Å²) in [6.45, 7) is 3.05. The summed E-state index contributed by atoms with van der Waals surface area (Å²) in [5.74, 6) is 1.22. The maximum atomic E-state index is 12.6. The molecule has 0 bridgehead atoms. The third-order valence-electron chi connectivity index (χ3n) is 3.45. The van der Waals surface area contributed by atoms with Crippen LogP contribution in [-0.4, -0.2) is 50.0 Å². The molecule has 5 nitrogen and oxygen atoms in total. The normalized spacial score (nSPS) is 20.6. The zero-order chi connectivity index (χ0) is 13.4. The number of nitrogens with one attached hydrogen (secondary N) is 1. The van der Waals surface area contributed by atoms with Gasteiger partial charge < -0.3 is 10.2 Å². The van der Waals surface area contributed by atoms with Crippen molar-refractivity contribution in [2.75, 3.05) is 29.9 Å². The van der Waals surface area contributed by atoms with E-state index in [1.807, 2.05) is 6.92 Å². The second kappa shape index (κ2) is 5.20. The number of hydrogen-bond acceptors (Lipinski definition) is 5. The first-order valence-corrected chi connectivity index (χ1v) is 8.78. The molecule has 0 radical (unpaired) electrons. The van der Waals surface area contributed by atoms with Gasteiger partial charge in [-0.1, -0.05) is 0 Å². The summed E-state index contributed by atoms with van der Waals surface area (Å²) in [6, 6.07) is 0.514. The van der Waals surface area contributed by atoms with E-state index in [4.69, 9.17) is 0 Å². The van der Waals surface area contributed by atoms with Gasteiger partial charge in [-0.15, -0.1) is 0 Å². The number of carbonyl (C=O) groups is 1. The molecule has 2 aliphatic rings. The molecule has 1 aromatic rings. The van der Waals surface area contributed by atoms with Crippen molar-refractivity contribution in [1.82, 2.24) is 9.27 Å². The van der Waals surface area contributed by atoms with Crippen molar-refractivity contribution in [2.45, 2.75) is 25.8 Å². The summed E-state index contributed by atoms with van der Waals surface area (Å²) in [5, 5.41) is 4.28. The summed E-state index contributed by atoms with van der Waals surface area (Å²) in [5.41, 5.74) is 1.51. The topological polar surface area (TPSA) is 62.3 Å². The van der Waals surface area contributed by atoms with Gasteiger partial charge in [-0.3, -0.25) is 9.00 Å². The molecule has 1 aromatic heterocycles. The van der Waals surface area contributed by atoms with E-state index in [-0.39, 0.29) is 5.91 Å². The molecule has 104 valence electrons. The monoisotopic (exact) mass is 299 g/mol. The molecule has 0 atom stereocenters. The van der Waals surface area contributed by atoms with Crippen LogP contribution in [-0.2, 0) is 10.8 Å². The second-order valence-corrected chi connectivity index (χ2v) is 7.50. The van der Waals surface area contributed by atoms with Crippen LogP contribution in [0.4, 0.5) is 5.00 Å². The molecule has 2 fully saturated rings. The minimum absolute atomic E-state index is 0.0334. The molecule has 1 amide bonds. The van der Waals surface area contributed by atoms with Gasteiger partial charge in [0, 0.05) is 41.4 Å². The Morgan fingerprint density at radius 1 is 1.42 bits per heavy atom. The molecule has 1 saturated heterocycles. The molecule has 0 unspecified atom stereocenters. The van der Waals surface area contributed by atoms with Crippen molar-refractivity contribution in [3.05, 3.63) is 11.3 Å². The molecule has 1 N–H and O–H groups in total. The predicted molar refractivity (Wildman–Crippen MR) is 77.3 cm³/mol. The molecule has 0 aromatic carbocycles. The Morgan fingerprint density at radius 3 is 2.74 bits per heavy atom. The van der Waals surface area contributed by atoms with Gasteiger partial charge in [-0.25, -0.2) is 0 Å². The van der Waals surface area contributed by atoms with Crippen molar-refractivity contribution in [1.29, 1.82) is 0 Å². The van der Waals surface area contributed by atoms with Crippen LogP contribution in [0.5, 0.6) is 0 Å². The zero-order valence-electron chi connectivity index (χ0n) is 10.8. The van der Waals surface area contributed by atoms with Crippen LogP contribution in [0.15, 0.2) is 0 Å². The summed E-state index contributed by atoms with van der Waals surface area (Å²) in [6.07, 6.45) is 2.35. The lowest BCUT2D eigenvalue weighted by Gasteiger charge is -2.26. The van der Waals surface area contributed by atoms with Crippen LogP contribution in [0, 0.1) is 6.92 Å². The van der Waals surface area contributed by atoms with Gasteiger partial charge in [0.25, 0.3) is 5.91 Å². The Morgan fingerprint density at radius 2 is 2.11 bits per heavy atom. The fourth-order valence-electron chi connectivity index (χ4n) is 2.13. The lowest BCUT2D eigenvalue weighted by atomic mass is 10.2. The van der Waals surface area contributed by atoms with Gasteiger partial charge in [0.1, 0.15) is 5.00 Å². The van der Waals surface area contributed by atoms with E-state index in [9.17, 15) is 9.00 Å². The molecule has 0 spiro atoms. The van der Waals surface area contributed by atoms with Gasteiger partial charge >= 0.3 is 0 Å². The molecule has 1 aliphatic carbocycles. The SMILES string of the molecule is Cc1nsc(NC2CC2)c1C(=O)N1CCS(=O)CC1. The molecular weight excluding hydrogens is 282 g/mol. The summed E-state index contributed by atoms with van der Waals surface area (Å²) >= 11 is 1.37. The molecule has 7 heteroatoms. The fourth-order valence-corrected chi connectivity index (χ4v) is 4.05. The smallest absolute Gasteiger partial charge is 0.258 e. The minimum Gasteiger partial charge on any atom is -0.372 e. The van der Waals surface area contributed by atoms with Crippen molar-refractivity contribution < 1.29 is 9.00 Å². The highest BCUT2D eigenvalue weighted by Crippen LogP contribution is 2.32. The van der Waals surface area contributed by atoms with Crippen molar-refractivity contribution >= 4 is 33.2 Å². The van der Waals surface area contributed by atoms with Crippen LogP contribution in [0.2, 0.25) is 0 Å². The van der Waals surface area contributed by atoms with Crippen molar-refractivity contribution in [3.63, 3.8) is 0 Å². The molecule has 1 aliphatic heterocycles. The summed E-state index contributed by atoms with van der Waals surface area (Å²) in [4.78, 5) is 14.4. The van der Waals surface area contributed by atoms with Crippen LogP contribution in [0.1, 0.15) is 28.9 Å². The van der Waals surface area contributed by atoms with Crippen LogP contribution >= 0.6 is 11.5 Å². The maximum Gasteiger partial charge on any atom is 0.258 e. The first-order chi connectivity index (χ1) is 9.15. The number of rotatable bonds is 3. The molecule has 19 heavy (non-hydrogen) atoms. The van der Waals surface area contributed by atoms with E-state index in [0.29, 0.717) is 36.2 Å². The van der Waals surface area contributed by atoms with Crippen molar-refractivity contribution in [3.8, 4) is 0 Å². The maximum absolute atomic E-state index is 12.6. The predicted octanol–water partition coefficient (Wildman–Crippen LogP) is 1.23. The first-order valence-electron chi connectivity index (χ1n) is 6.52. The minimum atomic E-state index is -0.757. The van der Waals surface area contributed by atoms with E-state index in [1.165, 1.54) is 24.4 Å². The Balaban J connectivity index is 1.78. The lowest BCUT2D eigenvalue weighted by molar-refractivity contribution is 0.0771. The summed E-state index contributed by atoms with van der Waals surface area (Å²) in [7, 11) is -0.757. The Bertz CT molecular complexity index is 515. The standard InChI is InChI=1S/C12H17N3O2S2/c1-8-10(11(18-14-8)13-9-2-3-9)12(16)15-4-6-19(17)7-5-15/h9,13H,2-7H2,1H3. The number of aryl methyl sites for hydroxylation is 1. The largest absolute Gasteiger partial charge is 0.372 e. The van der Waals surface area contributed by atoms with Crippen molar-refractivity contribution in [2.24, 2.45) is 0 Å². The molecule has 1 saturated carbocycles. The van der Waals surface area contributed by atoms with Gasteiger partial charge in [0.2, 0.25) is 0 Å². The van der Waals surface area contributed by atoms with E-state index in [0.717, 1.165) is 10.7 Å². The first kappa shape index (κ1) is 13.1. The highest BCUT2D eigenvalue weighted by Gasteiger charge is 2.29. The molecule has 3 rings (SSSR count). The van der Waals surface area contributed by atoms with Gasteiger partial charge in [-0.05, 0) is 31.3 Å². The van der Waals surface area contributed by atoms with Crippen LogP contribution in [0.25, 0.3) is 0 Å². The number of hydrogen-bond donors (Lipinski definition) is 1. The molecular formula is C12H17N3O2S2. The zero-order valence-corrected chi connectivity index (χ0v) is 12.5. The quantitative estimate of drug-likeness (QED) is 0.912. The van der Waals surface area contributed by atoms with Crippen LogP contribution < -0.4 is 5.32 Å². The number of carbonyl (C=O) groups excluding carboxylic acids is 1. The Labute approximate surface area is 119 Å². The second-order valence-electron chi connectivity index (χ2n) is 5.03. The van der Waals surface area contributed by atoms with E-state index in [2.05, 4.69) is 9.69 Å². The highest BCUT2D eigenvalue weighted by molar-refractivity contribution is 7.85. The highest BCUT2D eigenvalue weighted by atomic mass is 32.2. The Hall–Kier alpha value is -0.950. The fraction of sp³-hybridized carbons (Fsp3) is 0.667. The summed E-state index contributed by atoms with van der Waals surface area (Å²) < 4.78 is 15.7. The van der Waals surface area contributed by atoms with E-state index in [1.54, 1.807) is 4.90 Å². The third kappa shape index (κ3) is 2.81. The number of aromatic nitrogens is 1. The van der Waals surface area contributed by atoms with Gasteiger partial charge in [-0.2, -0.15) is 4.37 Å². The average molecular weight is 299 g/mol.